The van der Waals surface area contributed by atoms with Crippen molar-refractivity contribution in [2.75, 3.05) is 6.54 Å². The first-order chi connectivity index (χ1) is 6.72. The molecule has 0 heterocycles. The molecule has 0 aliphatic rings. The number of halogens is 1. The van der Waals surface area contributed by atoms with Gasteiger partial charge in [-0.15, -0.1) is 0 Å². The molecule has 1 unspecified atom stereocenters. The van der Waals surface area contributed by atoms with Gasteiger partial charge in [-0.25, -0.2) is 0 Å². The number of nitrogens with two attached hydrogens (primary N) is 1. The molecule has 0 aromatic heterocycles. The summed E-state index contributed by atoms with van der Waals surface area (Å²) in [6.07, 6.45) is 1.11. The van der Waals surface area contributed by atoms with Crippen molar-refractivity contribution in [1.82, 2.24) is 0 Å². The second kappa shape index (κ2) is 6.69. The smallest absolute Gasteiger partial charge is 0.0187 e. The summed E-state index contributed by atoms with van der Waals surface area (Å²) >= 11 is 4.31. The third-order valence-electron chi connectivity index (χ3n) is 2.02. The first-order valence-electron chi connectivity index (χ1n) is 4.78. The molecule has 1 atom stereocenters. The summed E-state index contributed by atoms with van der Waals surface area (Å²) in [5.74, 6) is 1.10. The second-order valence-corrected chi connectivity index (χ2v) is 6.00. The van der Waals surface area contributed by atoms with Crippen molar-refractivity contribution in [1.29, 1.82) is 0 Å². The van der Waals surface area contributed by atoms with Crippen LogP contribution in [0.1, 0.15) is 18.9 Å². The van der Waals surface area contributed by atoms with E-state index in [1.165, 1.54) is 9.13 Å². The number of benzene rings is 1. The van der Waals surface area contributed by atoms with E-state index in [1.807, 2.05) is 11.8 Å². The number of thioether (sulfide) groups is 1. The Bertz CT molecular complexity index is 260. The molecule has 1 aromatic carbocycles. The van der Waals surface area contributed by atoms with Crippen LogP contribution in [-0.2, 0) is 5.75 Å². The minimum Gasteiger partial charge on any atom is -0.330 e. The van der Waals surface area contributed by atoms with E-state index in [0.717, 1.165) is 18.7 Å². The molecular formula is C11H16INS. The lowest BCUT2D eigenvalue weighted by molar-refractivity contribution is 0.823. The van der Waals surface area contributed by atoms with Crippen LogP contribution in [0.4, 0.5) is 0 Å². The average Bonchev–Trinajstić information content (AvgIpc) is 2.17. The lowest BCUT2D eigenvalue weighted by Crippen LogP contribution is -2.07. The van der Waals surface area contributed by atoms with E-state index < -0.39 is 0 Å². The van der Waals surface area contributed by atoms with Gasteiger partial charge in [-0.05, 0) is 53.3 Å². The van der Waals surface area contributed by atoms with Gasteiger partial charge in [-0.3, -0.25) is 0 Å². The minimum absolute atomic E-state index is 0.666. The van der Waals surface area contributed by atoms with Gasteiger partial charge in [-0.2, -0.15) is 11.8 Å². The zero-order valence-corrected chi connectivity index (χ0v) is 11.3. The van der Waals surface area contributed by atoms with E-state index in [9.17, 15) is 0 Å². The van der Waals surface area contributed by atoms with Crippen molar-refractivity contribution in [3.8, 4) is 0 Å². The van der Waals surface area contributed by atoms with Crippen molar-refractivity contribution < 1.29 is 0 Å². The van der Waals surface area contributed by atoms with Crippen molar-refractivity contribution in [3.63, 3.8) is 0 Å². The van der Waals surface area contributed by atoms with Crippen LogP contribution >= 0.6 is 34.4 Å². The molecule has 0 saturated carbocycles. The van der Waals surface area contributed by atoms with E-state index in [4.69, 9.17) is 5.73 Å². The molecule has 2 N–H and O–H groups in total. The van der Waals surface area contributed by atoms with Crippen LogP contribution in [-0.4, -0.2) is 11.8 Å². The summed E-state index contributed by atoms with van der Waals surface area (Å²) in [5, 5.41) is 0.666. The summed E-state index contributed by atoms with van der Waals surface area (Å²) in [6, 6.07) is 8.71. The second-order valence-electron chi connectivity index (χ2n) is 3.33. The zero-order chi connectivity index (χ0) is 10.4. The molecule has 0 spiro atoms. The Morgan fingerprint density at radius 2 is 2.00 bits per heavy atom. The van der Waals surface area contributed by atoms with Gasteiger partial charge in [0.2, 0.25) is 0 Å². The summed E-state index contributed by atoms with van der Waals surface area (Å²) in [5.41, 5.74) is 6.91. The summed E-state index contributed by atoms with van der Waals surface area (Å²) in [7, 11) is 0. The standard InChI is InChI=1S/C11H16INS/c1-9(6-7-13)14-8-10-2-4-11(12)5-3-10/h2-5,9H,6-8,13H2,1H3. The van der Waals surface area contributed by atoms with Crippen molar-refractivity contribution in [2.24, 2.45) is 5.73 Å². The summed E-state index contributed by atoms with van der Waals surface area (Å²) in [4.78, 5) is 0. The highest BCUT2D eigenvalue weighted by Crippen LogP contribution is 2.20. The van der Waals surface area contributed by atoms with Crippen LogP contribution in [0.2, 0.25) is 0 Å². The number of hydrogen-bond acceptors (Lipinski definition) is 2. The zero-order valence-electron chi connectivity index (χ0n) is 8.37. The van der Waals surface area contributed by atoms with Gasteiger partial charge in [0.05, 0.1) is 0 Å². The van der Waals surface area contributed by atoms with Crippen molar-refractivity contribution in [2.45, 2.75) is 24.3 Å². The SMILES string of the molecule is CC(CCN)SCc1ccc(I)cc1. The fourth-order valence-corrected chi connectivity index (χ4v) is 2.47. The summed E-state index contributed by atoms with van der Waals surface area (Å²) in [6.45, 7) is 3.03. The minimum atomic E-state index is 0.666. The Morgan fingerprint density at radius 1 is 1.36 bits per heavy atom. The highest BCUT2D eigenvalue weighted by atomic mass is 127. The molecule has 0 radical (unpaired) electrons. The molecular weight excluding hydrogens is 305 g/mol. The van der Waals surface area contributed by atoms with Crippen LogP contribution < -0.4 is 5.73 Å². The van der Waals surface area contributed by atoms with Gasteiger partial charge in [-0.1, -0.05) is 19.1 Å². The maximum absolute atomic E-state index is 5.50. The fourth-order valence-electron chi connectivity index (χ4n) is 1.14. The van der Waals surface area contributed by atoms with Crippen LogP contribution in [0, 0.1) is 3.57 Å². The maximum Gasteiger partial charge on any atom is 0.0187 e. The average molecular weight is 321 g/mol. The van der Waals surface area contributed by atoms with Gasteiger partial charge < -0.3 is 5.73 Å². The van der Waals surface area contributed by atoms with Crippen molar-refractivity contribution in [3.05, 3.63) is 33.4 Å². The van der Waals surface area contributed by atoms with Gasteiger partial charge >= 0.3 is 0 Å². The van der Waals surface area contributed by atoms with Gasteiger partial charge in [0.15, 0.2) is 0 Å². The topological polar surface area (TPSA) is 26.0 Å². The third kappa shape index (κ3) is 4.66. The Kier molecular flexibility index (Phi) is 5.89. The molecule has 3 heteroatoms. The highest BCUT2D eigenvalue weighted by molar-refractivity contribution is 14.1. The first-order valence-corrected chi connectivity index (χ1v) is 6.91. The molecule has 0 aliphatic carbocycles. The molecule has 1 rings (SSSR count). The largest absolute Gasteiger partial charge is 0.330 e. The molecule has 1 aromatic rings. The van der Waals surface area contributed by atoms with Crippen molar-refractivity contribution >= 4 is 34.4 Å². The lowest BCUT2D eigenvalue weighted by Gasteiger charge is -2.09. The van der Waals surface area contributed by atoms with Crippen LogP contribution in [0.25, 0.3) is 0 Å². The maximum atomic E-state index is 5.50. The van der Waals surface area contributed by atoms with Crippen LogP contribution in [0.3, 0.4) is 0 Å². The Morgan fingerprint density at radius 3 is 2.57 bits per heavy atom. The predicted octanol–water partition coefficient (Wildman–Crippen LogP) is 3.26. The molecule has 1 nitrogen and oxygen atoms in total. The highest BCUT2D eigenvalue weighted by Gasteiger charge is 2.01. The van der Waals surface area contributed by atoms with Gasteiger partial charge in [0.25, 0.3) is 0 Å². The van der Waals surface area contributed by atoms with E-state index in [0.29, 0.717) is 5.25 Å². The molecule has 0 fully saturated rings. The van der Waals surface area contributed by atoms with E-state index in [2.05, 4.69) is 53.8 Å². The first kappa shape index (κ1) is 12.3. The normalized spacial score (nSPS) is 12.8. The molecule has 0 bridgehead atoms. The number of rotatable bonds is 5. The van der Waals surface area contributed by atoms with Crippen LogP contribution in [0.5, 0.6) is 0 Å². The van der Waals surface area contributed by atoms with Gasteiger partial charge in [0, 0.05) is 14.6 Å². The quantitative estimate of drug-likeness (QED) is 0.843. The Balaban J connectivity index is 2.34. The number of hydrogen-bond donors (Lipinski definition) is 1. The Labute approximate surface area is 104 Å². The fraction of sp³-hybridized carbons (Fsp3) is 0.455. The van der Waals surface area contributed by atoms with E-state index in [-0.39, 0.29) is 0 Å². The van der Waals surface area contributed by atoms with Crippen LogP contribution in [0.15, 0.2) is 24.3 Å². The molecule has 14 heavy (non-hydrogen) atoms. The third-order valence-corrected chi connectivity index (χ3v) is 4.04. The van der Waals surface area contributed by atoms with E-state index in [1.54, 1.807) is 0 Å². The Hall–Kier alpha value is 0.260. The predicted molar refractivity (Wildman–Crippen MR) is 73.6 cm³/mol. The molecule has 78 valence electrons. The summed E-state index contributed by atoms with van der Waals surface area (Å²) < 4.78 is 1.30. The molecule has 0 amide bonds. The molecule has 0 aliphatic heterocycles. The lowest BCUT2D eigenvalue weighted by atomic mass is 10.2. The van der Waals surface area contributed by atoms with E-state index >= 15 is 0 Å². The molecule has 0 saturated heterocycles. The van der Waals surface area contributed by atoms with Gasteiger partial charge in [0.1, 0.15) is 0 Å². The monoisotopic (exact) mass is 321 g/mol.